The Labute approximate surface area is 119 Å². The highest BCUT2D eigenvalue weighted by molar-refractivity contribution is 9.10. The van der Waals surface area contributed by atoms with Crippen LogP contribution in [0.4, 0.5) is 0 Å². The van der Waals surface area contributed by atoms with Gasteiger partial charge in [0.05, 0.1) is 13.2 Å². The standard InChI is InChI=1S/C15H22BrNO/c1-4-5-8-18-11-14-7-6-13(9-15(14)16)10-17-12(2)3/h4,6-7,9,12,17H,1,5,8,10-11H2,2-3H3. The van der Waals surface area contributed by atoms with Gasteiger partial charge >= 0.3 is 0 Å². The third-order valence-electron chi connectivity index (χ3n) is 2.56. The Balaban J connectivity index is 2.48. The van der Waals surface area contributed by atoms with Crippen molar-refractivity contribution in [2.75, 3.05) is 6.61 Å². The van der Waals surface area contributed by atoms with Gasteiger partial charge in [0.1, 0.15) is 0 Å². The molecule has 0 aliphatic heterocycles. The van der Waals surface area contributed by atoms with E-state index in [-0.39, 0.29) is 0 Å². The van der Waals surface area contributed by atoms with Crippen LogP contribution in [0.5, 0.6) is 0 Å². The minimum absolute atomic E-state index is 0.505. The fourth-order valence-electron chi connectivity index (χ4n) is 1.49. The molecule has 0 saturated heterocycles. The minimum atomic E-state index is 0.505. The van der Waals surface area contributed by atoms with Crippen LogP contribution in [-0.4, -0.2) is 12.6 Å². The molecule has 1 aromatic rings. The van der Waals surface area contributed by atoms with Crippen LogP contribution in [0, 0.1) is 0 Å². The maximum atomic E-state index is 5.56. The number of rotatable bonds is 8. The van der Waals surface area contributed by atoms with Crippen LogP contribution in [-0.2, 0) is 17.9 Å². The van der Waals surface area contributed by atoms with Gasteiger partial charge in [-0.1, -0.05) is 48.0 Å². The van der Waals surface area contributed by atoms with E-state index in [0.717, 1.165) is 24.0 Å². The van der Waals surface area contributed by atoms with Crippen molar-refractivity contribution in [2.45, 2.75) is 39.5 Å². The van der Waals surface area contributed by atoms with Crippen LogP contribution < -0.4 is 5.32 Å². The van der Waals surface area contributed by atoms with Gasteiger partial charge in [0.2, 0.25) is 0 Å². The molecule has 0 aliphatic rings. The minimum Gasteiger partial charge on any atom is -0.376 e. The van der Waals surface area contributed by atoms with Crippen LogP contribution in [0.3, 0.4) is 0 Å². The van der Waals surface area contributed by atoms with Crippen LogP contribution in [0.1, 0.15) is 31.4 Å². The Hall–Kier alpha value is -0.640. The highest BCUT2D eigenvalue weighted by Gasteiger charge is 2.02. The molecule has 1 rings (SSSR count). The zero-order chi connectivity index (χ0) is 13.4. The van der Waals surface area contributed by atoms with Crippen molar-refractivity contribution in [1.29, 1.82) is 0 Å². The molecule has 0 radical (unpaired) electrons. The maximum absolute atomic E-state index is 5.56. The van der Waals surface area contributed by atoms with Gasteiger partial charge in [-0.25, -0.2) is 0 Å². The fraction of sp³-hybridized carbons (Fsp3) is 0.467. The van der Waals surface area contributed by atoms with Gasteiger partial charge in [0.15, 0.2) is 0 Å². The largest absolute Gasteiger partial charge is 0.376 e. The van der Waals surface area contributed by atoms with E-state index in [9.17, 15) is 0 Å². The number of nitrogens with one attached hydrogen (secondary N) is 1. The first-order valence-corrected chi connectivity index (χ1v) is 7.12. The smallest absolute Gasteiger partial charge is 0.0727 e. The van der Waals surface area contributed by atoms with Crippen LogP contribution >= 0.6 is 15.9 Å². The lowest BCUT2D eigenvalue weighted by Gasteiger charge is -2.10. The van der Waals surface area contributed by atoms with E-state index in [1.165, 1.54) is 11.1 Å². The molecule has 0 spiro atoms. The van der Waals surface area contributed by atoms with E-state index < -0.39 is 0 Å². The highest BCUT2D eigenvalue weighted by atomic mass is 79.9. The molecule has 0 heterocycles. The van der Waals surface area contributed by atoms with Crippen molar-refractivity contribution in [3.8, 4) is 0 Å². The lowest BCUT2D eigenvalue weighted by molar-refractivity contribution is 0.125. The van der Waals surface area contributed by atoms with Crippen molar-refractivity contribution in [3.63, 3.8) is 0 Å². The Morgan fingerprint density at radius 2 is 2.22 bits per heavy atom. The molecule has 18 heavy (non-hydrogen) atoms. The lowest BCUT2D eigenvalue weighted by Crippen LogP contribution is -2.21. The second kappa shape index (κ2) is 8.46. The molecule has 0 saturated carbocycles. The molecule has 1 aromatic carbocycles. The molecule has 3 heteroatoms. The van der Waals surface area contributed by atoms with E-state index >= 15 is 0 Å². The SMILES string of the molecule is C=CCCOCc1ccc(CNC(C)C)cc1Br. The average Bonchev–Trinajstić information content (AvgIpc) is 2.34. The van der Waals surface area contributed by atoms with E-state index in [1.54, 1.807) is 0 Å². The number of ether oxygens (including phenoxy) is 1. The maximum Gasteiger partial charge on any atom is 0.0727 e. The first kappa shape index (κ1) is 15.4. The summed E-state index contributed by atoms with van der Waals surface area (Å²) in [7, 11) is 0. The van der Waals surface area contributed by atoms with Crippen molar-refractivity contribution in [3.05, 3.63) is 46.5 Å². The fourth-order valence-corrected chi connectivity index (χ4v) is 2.03. The summed E-state index contributed by atoms with van der Waals surface area (Å²) >= 11 is 3.60. The van der Waals surface area contributed by atoms with Crippen LogP contribution in [0.25, 0.3) is 0 Å². The quantitative estimate of drug-likeness (QED) is 0.578. The van der Waals surface area contributed by atoms with Crippen molar-refractivity contribution < 1.29 is 4.74 Å². The Kier molecular flexibility index (Phi) is 7.25. The molecule has 0 aromatic heterocycles. The number of benzene rings is 1. The number of hydrogen-bond acceptors (Lipinski definition) is 2. The Morgan fingerprint density at radius 3 is 2.83 bits per heavy atom. The summed E-state index contributed by atoms with van der Waals surface area (Å²) in [6, 6.07) is 6.93. The summed E-state index contributed by atoms with van der Waals surface area (Å²) in [6.07, 6.45) is 2.77. The third kappa shape index (κ3) is 5.80. The first-order chi connectivity index (χ1) is 8.63. The van der Waals surface area contributed by atoms with Gasteiger partial charge in [-0.2, -0.15) is 0 Å². The van der Waals surface area contributed by atoms with Gasteiger partial charge in [-0.3, -0.25) is 0 Å². The topological polar surface area (TPSA) is 21.3 Å². The second-order valence-electron chi connectivity index (χ2n) is 4.59. The molecule has 0 atom stereocenters. The number of halogens is 1. The summed E-state index contributed by atoms with van der Waals surface area (Å²) in [5.41, 5.74) is 2.47. The zero-order valence-corrected chi connectivity index (χ0v) is 12.8. The highest BCUT2D eigenvalue weighted by Crippen LogP contribution is 2.19. The normalized spacial score (nSPS) is 10.9. The van der Waals surface area contributed by atoms with Gasteiger partial charge in [-0.05, 0) is 23.6 Å². The van der Waals surface area contributed by atoms with Crippen molar-refractivity contribution in [2.24, 2.45) is 0 Å². The molecule has 100 valence electrons. The van der Waals surface area contributed by atoms with Gasteiger partial charge in [0.25, 0.3) is 0 Å². The third-order valence-corrected chi connectivity index (χ3v) is 3.29. The second-order valence-corrected chi connectivity index (χ2v) is 5.45. The van der Waals surface area contributed by atoms with E-state index in [1.807, 2.05) is 6.08 Å². The predicted octanol–water partition coefficient (Wildman–Crippen LogP) is 4.04. The van der Waals surface area contributed by atoms with E-state index in [0.29, 0.717) is 12.6 Å². The van der Waals surface area contributed by atoms with Crippen LogP contribution in [0.15, 0.2) is 35.3 Å². The van der Waals surface area contributed by atoms with Crippen LogP contribution in [0.2, 0.25) is 0 Å². The molecule has 2 nitrogen and oxygen atoms in total. The Morgan fingerprint density at radius 1 is 1.44 bits per heavy atom. The molecule has 0 unspecified atom stereocenters. The van der Waals surface area contributed by atoms with Crippen molar-refractivity contribution in [1.82, 2.24) is 5.32 Å². The summed E-state index contributed by atoms with van der Waals surface area (Å²) in [4.78, 5) is 0. The molecule has 1 N–H and O–H groups in total. The van der Waals surface area contributed by atoms with Crippen molar-refractivity contribution >= 4 is 15.9 Å². The number of hydrogen-bond donors (Lipinski definition) is 1. The average molecular weight is 312 g/mol. The summed E-state index contributed by atoms with van der Waals surface area (Å²) < 4.78 is 6.68. The molecular formula is C15H22BrNO. The predicted molar refractivity (Wildman–Crippen MR) is 80.6 cm³/mol. The first-order valence-electron chi connectivity index (χ1n) is 6.32. The lowest BCUT2D eigenvalue weighted by atomic mass is 10.1. The summed E-state index contributed by atoms with van der Waals surface area (Å²) in [6.45, 7) is 10.2. The Bertz CT molecular complexity index is 377. The summed E-state index contributed by atoms with van der Waals surface area (Å²) in [5, 5.41) is 3.41. The van der Waals surface area contributed by atoms with Gasteiger partial charge in [0, 0.05) is 17.1 Å². The zero-order valence-electron chi connectivity index (χ0n) is 11.2. The molecular weight excluding hydrogens is 290 g/mol. The summed E-state index contributed by atoms with van der Waals surface area (Å²) in [5.74, 6) is 0. The molecule has 0 aliphatic carbocycles. The van der Waals surface area contributed by atoms with Gasteiger partial charge in [-0.15, -0.1) is 6.58 Å². The van der Waals surface area contributed by atoms with E-state index in [4.69, 9.17) is 4.74 Å². The van der Waals surface area contributed by atoms with E-state index in [2.05, 4.69) is 59.9 Å². The molecule has 0 bridgehead atoms. The van der Waals surface area contributed by atoms with Gasteiger partial charge < -0.3 is 10.1 Å². The molecule has 0 fully saturated rings. The molecule has 0 amide bonds. The monoisotopic (exact) mass is 311 g/mol.